The van der Waals surface area contributed by atoms with Gasteiger partial charge in [-0.3, -0.25) is 9.78 Å². The van der Waals surface area contributed by atoms with Gasteiger partial charge in [-0.25, -0.2) is 4.39 Å². The van der Waals surface area contributed by atoms with Gasteiger partial charge in [-0.2, -0.15) is 0 Å². The summed E-state index contributed by atoms with van der Waals surface area (Å²) in [6.07, 6.45) is 3.38. The molecule has 1 aromatic heterocycles. The van der Waals surface area contributed by atoms with Crippen LogP contribution in [0.25, 0.3) is 10.9 Å². The van der Waals surface area contributed by atoms with Crippen LogP contribution in [0, 0.1) is 5.82 Å². The molecule has 1 saturated carbocycles. The second-order valence-electron chi connectivity index (χ2n) is 7.06. The van der Waals surface area contributed by atoms with Gasteiger partial charge >= 0.3 is 5.97 Å². The molecule has 1 spiro atoms. The van der Waals surface area contributed by atoms with E-state index in [9.17, 15) is 14.3 Å². The maximum absolute atomic E-state index is 13.8. The molecule has 6 heteroatoms. The summed E-state index contributed by atoms with van der Waals surface area (Å²) < 4.78 is 25.5. The lowest BCUT2D eigenvalue weighted by molar-refractivity contribution is -0.196. The van der Waals surface area contributed by atoms with Gasteiger partial charge in [0, 0.05) is 24.4 Å². The van der Waals surface area contributed by atoms with Crippen molar-refractivity contribution in [2.75, 3.05) is 6.61 Å². The molecule has 1 N–H and O–H groups in total. The lowest BCUT2D eigenvalue weighted by Crippen LogP contribution is -2.46. The minimum absolute atomic E-state index is 0.0215. The molecular weight excluding hydrogens is 325 g/mol. The molecule has 4 rings (SSSR count). The monoisotopic (exact) mass is 345 g/mol. The first kappa shape index (κ1) is 16.4. The van der Waals surface area contributed by atoms with Crippen molar-refractivity contribution in [2.45, 2.75) is 49.9 Å². The number of rotatable bonds is 2. The van der Waals surface area contributed by atoms with Crippen LogP contribution >= 0.6 is 0 Å². The molecule has 2 fully saturated rings. The Morgan fingerprint density at radius 1 is 1.28 bits per heavy atom. The highest BCUT2D eigenvalue weighted by atomic mass is 19.1. The van der Waals surface area contributed by atoms with Gasteiger partial charge in [0.15, 0.2) is 5.79 Å². The topological polar surface area (TPSA) is 68.7 Å². The molecule has 1 saturated heterocycles. The summed E-state index contributed by atoms with van der Waals surface area (Å²) in [7, 11) is 0. The molecule has 5 nitrogen and oxygen atoms in total. The average Bonchev–Trinajstić information content (AvgIpc) is 2.96. The van der Waals surface area contributed by atoms with Gasteiger partial charge in [0.2, 0.25) is 0 Å². The minimum atomic E-state index is -1.08. The fourth-order valence-corrected chi connectivity index (χ4v) is 4.16. The summed E-state index contributed by atoms with van der Waals surface area (Å²) in [5.74, 6) is -1.97. The Kier molecular flexibility index (Phi) is 3.77. The number of aromatic nitrogens is 1. The van der Waals surface area contributed by atoms with Crippen molar-refractivity contribution < 1.29 is 23.8 Å². The van der Waals surface area contributed by atoms with Gasteiger partial charge in [0.1, 0.15) is 5.82 Å². The van der Waals surface area contributed by atoms with E-state index in [4.69, 9.17) is 9.47 Å². The van der Waals surface area contributed by atoms with Crippen LogP contribution in [0.4, 0.5) is 4.39 Å². The zero-order valence-corrected chi connectivity index (χ0v) is 14.0. The van der Waals surface area contributed by atoms with Gasteiger partial charge in [0.25, 0.3) is 0 Å². The number of pyridine rings is 1. The smallest absolute Gasteiger partial charge is 0.314 e. The number of hydrogen-bond acceptors (Lipinski definition) is 4. The van der Waals surface area contributed by atoms with Crippen LogP contribution in [-0.2, 0) is 19.7 Å². The lowest BCUT2D eigenvalue weighted by Gasteiger charge is -2.41. The zero-order chi connectivity index (χ0) is 17.7. The van der Waals surface area contributed by atoms with Crippen molar-refractivity contribution in [3.63, 3.8) is 0 Å². The molecule has 1 unspecified atom stereocenters. The molecule has 25 heavy (non-hydrogen) atoms. The number of halogens is 1. The molecule has 1 atom stereocenters. The molecular formula is C19H20FNO4. The number of ether oxygens (including phenoxy) is 2. The molecule has 1 aliphatic carbocycles. The van der Waals surface area contributed by atoms with E-state index in [2.05, 4.69) is 4.98 Å². The summed E-state index contributed by atoms with van der Waals surface area (Å²) in [5.41, 5.74) is 0.130. The molecule has 0 radical (unpaired) electrons. The number of carbonyl (C=O) groups is 1. The molecule has 2 aromatic rings. The summed E-state index contributed by atoms with van der Waals surface area (Å²) in [6.45, 7) is 2.48. The van der Waals surface area contributed by atoms with E-state index in [1.165, 1.54) is 12.1 Å². The lowest BCUT2D eigenvalue weighted by atomic mass is 9.67. The largest absolute Gasteiger partial charge is 0.481 e. The van der Waals surface area contributed by atoms with Crippen molar-refractivity contribution in [1.82, 2.24) is 4.98 Å². The minimum Gasteiger partial charge on any atom is -0.481 e. The van der Waals surface area contributed by atoms with Crippen LogP contribution in [0.5, 0.6) is 0 Å². The van der Waals surface area contributed by atoms with E-state index in [0.717, 1.165) is 0 Å². The maximum Gasteiger partial charge on any atom is 0.314 e. The van der Waals surface area contributed by atoms with Gasteiger partial charge < -0.3 is 14.6 Å². The fourth-order valence-electron chi connectivity index (χ4n) is 4.16. The molecule has 1 aromatic carbocycles. The molecule has 0 amide bonds. The molecule has 2 aliphatic rings. The van der Waals surface area contributed by atoms with Gasteiger partial charge in [-0.1, -0.05) is 0 Å². The summed E-state index contributed by atoms with van der Waals surface area (Å²) >= 11 is 0. The highest BCUT2D eigenvalue weighted by molar-refractivity contribution is 5.91. The Hall–Kier alpha value is -2.05. The summed E-state index contributed by atoms with van der Waals surface area (Å²) in [6, 6.07) is 5.99. The standard InChI is InChI=1S/C19H20FNO4/c1-12-11-24-19(25-12)7-5-18(6-8-19,17(22)23)15-4-9-21-16-3-2-13(20)10-14(15)16/h2-4,9-10,12H,5-8,11H2,1H3,(H,22,23). The molecule has 1 aliphatic heterocycles. The number of hydrogen-bond donors (Lipinski definition) is 1. The third-order valence-electron chi connectivity index (χ3n) is 5.49. The molecule has 132 valence electrons. The highest BCUT2D eigenvalue weighted by Crippen LogP contribution is 2.48. The van der Waals surface area contributed by atoms with Crippen LogP contribution in [0.2, 0.25) is 0 Å². The van der Waals surface area contributed by atoms with Gasteiger partial charge in [-0.15, -0.1) is 0 Å². The van der Waals surface area contributed by atoms with Gasteiger partial charge in [0.05, 0.1) is 23.6 Å². The third kappa shape index (κ3) is 2.60. The van der Waals surface area contributed by atoms with E-state index in [1.54, 1.807) is 18.3 Å². The van der Waals surface area contributed by atoms with Crippen LogP contribution < -0.4 is 0 Å². The SMILES string of the molecule is CC1COC2(CCC(C(=O)O)(c3ccnc4ccc(F)cc34)CC2)O1. The summed E-state index contributed by atoms with van der Waals surface area (Å²) in [4.78, 5) is 16.5. The van der Waals surface area contributed by atoms with Gasteiger partial charge in [-0.05, 0) is 49.6 Å². The third-order valence-corrected chi connectivity index (χ3v) is 5.49. The van der Waals surface area contributed by atoms with E-state index in [-0.39, 0.29) is 6.10 Å². The Bertz CT molecular complexity index is 829. The van der Waals surface area contributed by atoms with Crippen molar-refractivity contribution in [3.8, 4) is 0 Å². The number of benzene rings is 1. The molecule has 0 bridgehead atoms. The predicted molar refractivity (Wildman–Crippen MR) is 88.7 cm³/mol. The number of fused-ring (bicyclic) bond motifs is 1. The van der Waals surface area contributed by atoms with E-state index >= 15 is 0 Å². The predicted octanol–water partition coefficient (Wildman–Crippen LogP) is 3.40. The van der Waals surface area contributed by atoms with Crippen LogP contribution in [0.1, 0.15) is 38.2 Å². The van der Waals surface area contributed by atoms with Crippen molar-refractivity contribution in [3.05, 3.63) is 41.8 Å². The Morgan fingerprint density at radius 3 is 2.68 bits per heavy atom. The van der Waals surface area contributed by atoms with E-state index in [0.29, 0.717) is 48.8 Å². The number of carboxylic acids is 1. The van der Waals surface area contributed by atoms with Crippen LogP contribution in [0.3, 0.4) is 0 Å². The Balaban J connectivity index is 1.76. The Morgan fingerprint density at radius 2 is 2.04 bits per heavy atom. The second-order valence-corrected chi connectivity index (χ2v) is 7.06. The first-order chi connectivity index (χ1) is 11.9. The zero-order valence-electron chi connectivity index (χ0n) is 14.0. The maximum atomic E-state index is 13.8. The van der Waals surface area contributed by atoms with Crippen molar-refractivity contribution in [2.24, 2.45) is 0 Å². The van der Waals surface area contributed by atoms with E-state index in [1.807, 2.05) is 6.92 Å². The fraction of sp³-hybridized carbons (Fsp3) is 0.474. The Labute approximate surface area is 144 Å². The van der Waals surface area contributed by atoms with Crippen molar-refractivity contribution in [1.29, 1.82) is 0 Å². The summed E-state index contributed by atoms with van der Waals surface area (Å²) in [5, 5.41) is 10.6. The number of aliphatic carboxylic acids is 1. The van der Waals surface area contributed by atoms with Crippen molar-refractivity contribution >= 4 is 16.9 Å². The first-order valence-electron chi connectivity index (χ1n) is 8.54. The normalized spacial score (nSPS) is 32.3. The first-order valence-corrected chi connectivity index (χ1v) is 8.54. The van der Waals surface area contributed by atoms with Crippen LogP contribution in [-0.4, -0.2) is 34.6 Å². The second kappa shape index (κ2) is 5.75. The van der Waals surface area contributed by atoms with Crippen LogP contribution in [0.15, 0.2) is 30.5 Å². The van der Waals surface area contributed by atoms with E-state index < -0.39 is 23.0 Å². The number of nitrogens with zero attached hydrogens (tertiary/aromatic N) is 1. The molecule has 2 heterocycles. The number of carboxylic acid groups (broad SMARTS) is 1. The quantitative estimate of drug-likeness (QED) is 0.903. The average molecular weight is 345 g/mol. The highest BCUT2D eigenvalue weighted by Gasteiger charge is 2.52.